The molecule has 2 aromatic carbocycles. The number of carboxylic acid groups (broad SMARTS) is 1. The van der Waals surface area contributed by atoms with Crippen molar-refractivity contribution in [2.75, 3.05) is 12.2 Å². The van der Waals surface area contributed by atoms with E-state index in [0.29, 0.717) is 0 Å². The number of hydrogen-bond acceptors (Lipinski definition) is 5. The second-order valence-corrected chi connectivity index (χ2v) is 6.15. The number of methoxy groups -OCH3 is 1. The molecule has 0 bridgehead atoms. The van der Waals surface area contributed by atoms with Gasteiger partial charge in [-0.05, 0) is 40.5 Å². The lowest BCUT2D eigenvalue weighted by atomic mass is 10.1. The topological polar surface area (TPSA) is 92.9 Å². The van der Waals surface area contributed by atoms with Crippen molar-refractivity contribution in [2.24, 2.45) is 0 Å². The Hall–Kier alpha value is -2.39. The number of aromatic carboxylic acids is 1. The van der Waals surface area contributed by atoms with E-state index in [-0.39, 0.29) is 31.5 Å². The quantitative estimate of drug-likeness (QED) is 0.403. The number of halogens is 3. The first kappa shape index (κ1) is 18.9. The van der Waals surface area contributed by atoms with Crippen LogP contribution in [0.15, 0.2) is 28.7 Å². The highest BCUT2D eigenvalue weighted by Crippen LogP contribution is 2.43. The van der Waals surface area contributed by atoms with Crippen molar-refractivity contribution in [3.05, 3.63) is 55.0 Å². The number of nitro benzene ring substituents is 1. The van der Waals surface area contributed by atoms with Crippen molar-refractivity contribution in [2.45, 2.75) is 6.92 Å². The molecule has 2 rings (SSSR count). The molecule has 7 nitrogen and oxygen atoms in total. The average Bonchev–Trinajstić information content (AvgIpc) is 2.55. The Balaban J connectivity index is 2.78. The smallest absolute Gasteiger partial charge is 0.337 e. The van der Waals surface area contributed by atoms with Crippen LogP contribution in [0.1, 0.15) is 15.9 Å². The number of benzene rings is 2. The maximum atomic E-state index is 15.1. The van der Waals surface area contributed by atoms with Gasteiger partial charge in [0.05, 0.1) is 27.8 Å². The van der Waals surface area contributed by atoms with Gasteiger partial charge in [0.1, 0.15) is 5.75 Å². The van der Waals surface area contributed by atoms with Crippen LogP contribution in [0, 0.1) is 17.0 Å². The van der Waals surface area contributed by atoms with Crippen LogP contribution in [0.2, 0.25) is 5.02 Å². The highest BCUT2D eigenvalue weighted by molar-refractivity contribution is 9.10. The van der Waals surface area contributed by atoms with E-state index in [0.717, 1.165) is 18.2 Å². The van der Waals surface area contributed by atoms with E-state index in [1.165, 1.54) is 20.1 Å². The van der Waals surface area contributed by atoms with E-state index in [1.54, 1.807) is 0 Å². The van der Waals surface area contributed by atoms with Crippen LogP contribution in [0.5, 0.6) is 5.75 Å². The average molecular weight is 434 g/mol. The fourth-order valence-electron chi connectivity index (χ4n) is 2.21. The zero-order valence-corrected chi connectivity index (χ0v) is 15.3. The number of hydrogen-bond donors (Lipinski definition) is 1. The predicted molar refractivity (Wildman–Crippen MR) is 93.7 cm³/mol. The van der Waals surface area contributed by atoms with Crippen LogP contribution in [-0.2, 0) is 0 Å². The zero-order chi connectivity index (χ0) is 18.9. The van der Waals surface area contributed by atoms with Gasteiger partial charge in [-0.2, -0.15) is 5.12 Å². The van der Waals surface area contributed by atoms with Crippen molar-refractivity contribution in [3.63, 3.8) is 0 Å². The summed E-state index contributed by atoms with van der Waals surface area (Å²) in [6.45, 7) is 1.42. The molecule has 25 heavy (non-hydrogen) atoms. The molecule has 0 fully saturated rings. The summed E-state index contributed by atoms with van der Waals surface area (Å²) in [5, 5.41) is 20.6. The largest absolute Gasteiger partial charge is 0.495 e. The van der Waals surface area contributed by atoms with E-state index in [2.05, 4.69) is 15.9 Å². The number of carboxylic acids is 1. The maximum absolute atomic E-state index is 15.1. The standard InChI is InChI=1S/C15H11BrClFN2O5/c1-7-10(17)4-3-8(15(21)22)14(7)19(18)11-6-13(25-2)9(16)5-12(11)20(23)24/h3-6H,1-2H3,(H,21,22). The third-order valence-electron chi connectivity index (χ3n) is 3.45. The monoisotopic (exact) mass is 432 g/mol. The van der Waals surface area contributed by atoms with E-state index >= 15 is 4.48 Å². The van der Waals surface area contributed by atoms with Crippen molar-refractivity contribution >= 4 is 50.6 Å². The Kier molecular flexibility index (Phi) is 5.48. The molecule has 1 N–H and O–H groups in total. The van der Waals surface area contributed by atoms with Crippen LogP contribution in [0.4, 0.5) is 21.5 Å². The molecule has 132 valence electrons. The van der Waals surface area contributed by atoms with Gasteiger partial charge in [-0.25, -0.2) is 4.79 Å². The number of carbonyl (C=O) groups is 1. The first-order valence-electron chi connectivity index (χ1n) is 6.69. The molecule has 0 spiro atoms. The summed E-state index contributed by atoms with van der Waals surface area (Å²) in [5.74, 6) is -1.26. The number of nitro groups is 1. The van der Waals surface area contributed by atoms with E-state index in [9.17, 15) is 20.0 Å². The Labute approximate surface area is 154 Å². The third kappa shape index (κ3) is 3.52. The second kappa shape index (κ2) is 7.24. The summed E-state index contributed by atoms with van der Waals surface area (Å²) in [6.07, 6.45) is 0. The SMILES string of the molecule is COc1cc(N(F)c2c(C(=O)O)ccc(Cl)c2C)c([N+](=O)[O-])cc1Br. The Morgan fingerprint density at radius 3 is 2.60 bits per heavy atom. The first-order valence-corrected chi connectivity index (χ1v) is 7.86. The predicted octanol–water partition coefficient (Wildman–Crippen LogP) is 5.05. The lowest BCUT2D eigenvalue weighted by molar-refractivity contribution is -0.384. The van der Waals surface area contributed by atoms with Gasteiger partial charge in [-0.3, -0.25) is 10.1 Å². The second-order valence-electron chi connectivity index (χ2n) is 4.89. The van der Waals surface area contributed by atoms with Gasteiger partial charge in [-0.1, -0.05) is 16.1 Å². The third-order valence-corrected chi connectivity index (χ3v) is 4.48. The van der Waals surface area contributed by atoms with Gasteiger partial charge in [0.15, 0.2) is 5.69 Å². The van der Waals surface area contributed by atoms with Gasteiger partial charge in [0.2, 0.25) is 0 Å². The molecule has 0 aromatic heterocycles. The molecule has 0 aliphatic heterocycles. The Bertz CT molecular complexity index is 877. The molecule has 2 aromatic rings. The molecule has 0 heterocycles. The Morgan fingerprint density at radius 1 is 1.44 bits per heavy atom. The Morgan fingerprint density at radius 2 is 2.08 bits per heavy atom. The summed E-state index contributed by atoms with van der Waals surface area (Å²) < 4.78 is 20.4. The molecule has 0 radical (unpaired) electrons. The molecule has 0 aliphatic carbocycles. The lowest BCUT2D eigenvalue weighted by Crippen LogP contribution is -2.13. The fraction of sp³-hybridized carbons (Fsp3) is 0.133. The van der Waals surface area contributed by atoms with Crippen LogP contribution >= 0.6 is 27.5 Å². The molecule has 0 saturated heterocycles. The summed E-state index contributed by atoms with van der Waals surface area (Å²) in [6, 6.07) is 4.60. The molecule has 0 saturated carbocycles. The molecule has 10 heteroatoms. The van der Waals surface area contributed by atoms with Crippen LogP contribution in [0.3, 0.4) is 0 Å². The summed E-state index contributed by atoms with van der Waals surface area (Å²) in [5.41, 5.74) is -1.72. The minimum Gasteiger partial charge on any atom is -0.495 e. The maximum Gasteiger partial charge on any atom is 0.337 e. The van der Waals surface area contributed by atoms with Gasteiger partial charge >= 0.3 is 5.97 Å². The minimum atomic E-state index is -1.40. The molecule has 0 aliphatic rings. The summed E-state index contributed by atoms with van der Waals surface area (Å²) in [4.78, 5) is 21.9. The molecule has 0 unspecified atom stereocenters. The van der Waals surface area contributed by atoms with Gasteiger partial charge in [0, 0.05) is 17.2 Å². The van der Waals surface area contributed by atoms with Crippen LogP contribution < -0.4 is 9.86 Å². The summed E-state index contributed by atoms with van der Waals surface area (Å²) >= 11 is 9.05. The van der Waals surface area contributed by atoms with Crippen molar-refractivity contribution in [1.29, 1.82) is 0 Å². The highest BCUT2D eigenvalue weighted by Gasteiger charge is 2.28. The molecule has 0 amide bonds. The van der Waals surface area contributed by atoms with Gasteiger partial charge < -0.3 is 9.84 Å². The minimum absolute atomic E-state index is 0.0717. The van der Waals surface area contributed by atoms with Crippen molar-refractivity contribution in [3.8, 4) is 5.75 Å². The van der Waals surface area contributed by atoms with E-state index in [1.807, 2.05) is 0 Å². The van der Waals surface area contributed by atoms with Gasteiger partial charge in [-0.15, -0.1) is 0 Å². The highest BCUT2D eigenvalue weighted by atomic mass is 79.9. The number of anilines is 2. The fourth-order valence-corrected chi connectivity index (χ4v) is 2.86. The molecule has 0 atom stereocenters. The first-order chi connectivity index (χ1) is 11.7. The molecular weight excluding hydrogens is 423 g/mol. The van der Waals surface area contributed by atoms with Crippen molar-refractivity contribution < 1.29 is 24.0 Å². The van der Waals surface area contributed by atoms with E-state index < -0.39 is 28.0 Å². The molecular formula is C15H11BrClFN2O5. The number of rotatable bonds is 5. The van der Waals surface area contributed by atoms with Crippen molar-refractivity contribution in [1.82, 2.24) is 0 Å². The normalized spacial score (nSPS) is 10.4. The van der Waals surface area contributed by atoms with Crippen LogP contribution in [-0.4, -0.2) is 23.1 Å². The number of nitrogens with zero attached hydrogens (tertiary/aromatic N) is 2. The zero-order valence-electron chi connectivity index (χ0n) is 12.9. The summed E-state index contributed by atoms with van der Waals surface area (Å²) in [7, 11) is 1.31. The number of ether oxygens (including phenoxy) is 1. The van der Waals surface area contributed by atoms with Gasteiger partial charge in [0.25, 0.3) is 5.69 Å². The van der Waals surface area contributed by atoms with E-state index in [4.69, 9.17) is 16.3 Å². The lowest BCUT2D eigenvalue weighted by Gasteiger charge is -2.20. The van der Waals surface area contributed by atoms with Crippen LogP contribution in [0.25, 0.3) is 0 Å².